The second-order valence-corrected chi connectivity index (χ2v) is 7.01. The maximum absolute atomic E-state index is 12.4. The molecule has 2 aromatic carbocycles. The lowest BCUT2D eigenvalue weighted by Gasteiger charge is -2.17. The highest BCUT2D eigenvalue weighted by atomic mass is 35.5. The first-order valence-corrected chi connectivity index (χ1v) is 8.40. The monoisotopic (exact) mass is 323 g/mol. The number of hydrogen-bond donors (Lipinski definition) is 0. The highest BCUT2D eigenvalue weighted by Gasteiger charge is 2.18. The molecule has 0 fully saturated rings. The molecule has 4 nitrogen and oxygen atoms in total. The van der Waals surface area contributed by atoms with Gasteiger partial charge in [0.05, 0.1) is 9.92 Å². The summed E-state index contributed by atoms with van der Waals surface area (Å²) >= 11 is 5.88. The number of sulfone groups is 1. The van der Waals surface area contributed by atoms with Gasteiger partial charge in [0.2, 0.25) is 0 Å². The molecule has 0 saturated carbocycles. The summed E-state index contributed by atoms with van der Waals surface area (Å²) < 4.78 is 23.3. The molecular formula is C15H14ClNO3S. The summed E-state index contributed by atoms with van der Waals surface area (Å²) in [5, 5.41) is 0.108. The highest BCUT2D eigenvalue weighted by molar-refractivity contribution is 7.90. The molecular weight excluding hydrogens is 310 g/mol. The van der Waals surface area contributed by atoms with E-state index in [4.69, 9.17) is 11.6 Å². The molecule has 0 aliphatic heterocycles. The average molecular weight is 324 g/mol. The van der Waals surface area contributed by atoms with Crippen molar-refractivity contribution in [1.82, 2.24) is 0 Å². The zero-order chi connectivity index (χ0) is 15.6. The average Bonchev–Trinajstić information content (AvgIpc) is 2.46. The Labute approximate surface area is 128 Å². The molecule has 21 heavy (non-hydrogen) atoms. The SMILES string of the molecule is CN(C(=O)c1ccc(Cl)c(S(C)(=O)=O)c1)c1ccccc1. The summed E-state index contributed by atoms with van der Waals surface area (Å²) in [4.78, 5) is 13.8. The van der Waals surface area contributed by atoms with E-state index in [-0.39, 0.29) is 21.4 Å². The van der Waals surface area contributed by atoms with Crippen LogP contribution in [0.1, 0.15) is 10.4 Å². The summed E-state index contributed by atoms with van der Waals surface area (Å²) in [6.45, 7) is 0. The number of halogens is 1. The second-order valence-electron chi connectivity index (χ2n) is 4.62. The van der Waals surface area contributed by atoms with E-state index in [1.165, 1.54) is 23.1 Å². The van der Waals surface area contributed by atoms with Crippen LogP contribution in [0, 0.1) is 0 Å². The largest absolute Gasteiger partial charge is 0.311 e. The van der Waals surface area contributed by atoms with Crippen molar-refractivity contribution in [1.29, 1.82) is 0 Å². The number of nitrogens with zero attached hydrogens (tertiary/aromatic N) is 1. The molecule has 6 heteroatoms. The molecule has 0 aliphatic carbocycles. The summed E-state index contributed by atoms with van der Waals surface area (Å²) in [7, 11) is -1.85. The Kier molecular flexibility index (Phi) is 4.34. The lowest BCUT2D eigenvalue weighted by molar-refractivity contribution is 0.0993. The summed E-state index contributed by atoms with van der Waals surface area (Å²) in [6.07, 6.45) is 1.06. The first-order valence-electron chi connectivity index (χ1n) is 6.13. The molecule has 0 unspecified atom stereocenters. The molecule has 0 spiro atoms. The van der Waals surface area contributed by atoms with Gasteiger partial charge in [0.25, 0.3) is 5.91 Å². The number of carbonyl (C=O) groups is 1. The van der Waals surface area contributed by atoms with Gasteiger partial charge in [0.15, 0.2) is 9.84 Å². The van der Waals surface area contributed by atoms with Crippen LogP contribution < -0.4 is 4.90 Å². The van der Waals surface area contributed by atoms with Crippen LogP contribution in [-0.4, -0.2) is 27.6 Å². The lowest BCUT2D eigenvalue weighted by Crippen LogP contribution is -2.26. The Morgan fingerprint density at radius 1 is 1.10 bits per heavy atom. The molecule has 1 amide bonds. The van der Waals surface area contributed by atoms with Gasteiger partial charge < -0.3 is 4.90 Å². The normalized spacial score (nSPS) is 11.2. The molecule has 0 radical (unpaired) electrons. The van der Waals surface area contributed by atoms with E-state index in [1.807, 2.05) is 18.2 Å². The Hall–Kier alpha value is -1.85. The highest BCUT2D eigenvalue weighted by Crippen LogP contribution is 2.24. The van der Waals surface area contributed by atoms with Crippen molar-refractivity contribution < 1.29 is 13.2 Å². The zero-order valence-corrected chi connectivity index (χ0v) is 13.1. The van der Waals surface area contributed by atoms with Crippen molar-refractivity contribution in [2.24, 2.45) is 0 Å². The van der Waals surface area contributed by atoms with Crippen molar-refractivity contribution in [2.45, 2.75) is 4.90 Å². The Morgan fingerprint density at radius 2 is 1.71 bits per heavy atom. The fraction of sp³-hybridized carbons (Fsp3) is 0.133. The van der Waals surface area contributed by atoms with E-state index in [1.54, 1.807) is 19.2 Å². The molecule has 0 heterocycles. The van der Waals surface area contributed by atoms with Crippen LogP contribution >= 0.6 is 11.6 Å². The van der Waals surface area contributed by atoms with E-state index < -0.39 is 9.84 Å². The minimum Gasteiger partial charge on any atom is -0.311 e. The van der Waals surface area contributed by atoms with Crippen LogP contribution in [-0.2, 0) is 9.84 Å². The van der Waals surface area contributed by atoms with Gasteiger partial charge in [-0.2, -0.15) is 0 Å². The number of hydrogen-bond acceptors (Lipinski definition) is 3. The number of benzene rings is 2. The van der Waals surface area contributed by atoms with Crippen LogP contribution in [0.4, 0.5) is 5.69 Å². The quantitative estimate of drug-likeness (QED) is 0.872. The van der Waals surface area contributed by atoms with Crippen molar-refractivity contribution >= 4 is 33.0 Å². The molecule has 110 valence electrons. The molecule has 2 rings (SSSR count). The third-order valence-electron chi connectivity index (χ3n) is 3.03. The van der Waals surface area contributed by atoms with Crippen LogP contribution in [0.15, 0.2) is 53.4 Å². The smallest absolute Gasteiger partial charge is 0.258 e. The van der Waals surface area contributed by atoms with Crippen LogP contribution in [0.5, 0.6) is 0 Å². The van der Waals surface area contributed by atoms with Crippen molar-refractivity contribution in [3.8, 4) is 0 Å². The van der Waals surface area contributed by atoms with Gasteiger partial charge in [-0.1, -0.05) is 29.8 Å². The first kappa shape index (κ1) is 15.5. The fourth-order valence-electron chi connectivity index (χ4n) is 1.88. The van der Waals surface area contributed by atoms with E-state index in [2.05, 4.69) is 0 Å². The van der Waals surface area contributed by atoms with Gasteiger partial charge in [-0.15, -0.1) is 0 Å². The van der Waals surface area contributed by atoms with E-state index in [0.717, 1.165) is 11.9 Å². The van der Waals surface area contributed by atoms with Crippen LogP contribution in [0.3, 0.4) is 0 Å². The van der Waals surface area contributed by atoms with Crippen LogP contribution in [0.25, 0.3) is 0 Å². The summed E-state index contributed by atoms with van der Waals surface area (Å²) in [5.74, 6) is -0.303. The molecule has 0 aliphatic rings. The van der Waals surface area contributed by atoms with Gasteiger partial charge in [0, 0.05) is 24.6 Å². The maximum atomic E-state index is 12.4. The summed E-state index contributed by atoms with van der Waals surface area (Å²) in [5.41, 5.74) is 0.990. The lowest BCUT2D eigenvalue weighted by atomic mass is 10.2. The topological polar surface area (TPSA) is 54.5 Å². The van der Waals surface area contributed by atoms with Crippen molar-refractivity contribution in [3.63, 3.8) is 0 Å². The van der Waals surface area contributed by atoms with Crippen molar-refractivity contribution in [2.75, 3.05) is 18.2 Å². The minimum atomic E-state index is -3.48. The van der Waals surface area contributed by atoms with Gasteiger partial charge in [-0.25, -0.2) is 8.42 Å². The fourth-order valence-corrected chi connectivity index (χ4v) is 3.18. The van der Waals surface area contributed by atoms with E-state index in [9.17, 15) is 13.2 Å². The van der Waals surface area contributed by atoms with Gasteiger partial charge in [0.1, 0.15) is 0 Å². The number of anilines is 1. The molecule has 0 bridgehead atoms. The maximum Gasteiger partial charge on any atom is 0.258 e. The molecule has 0 atom stereocenters. The van der Waals surface area contributed by atoms with Gasteiger partial charge in [-0.3, -0.25) is 4.79 Å². The zero-order valence-electron chi connectivity index (χ0n) is 11.6. The second kappa shape index (κ2) is 5.87. The molecule has 2 aromatic rings. The van der Waals surface area contributed by atoms with Gasteiger partial charge in [-0.05, 0) is 30.3 Å². The Morgan fingerprint density at radius 3 is 2.29 bits per heavy atom. The predicted molar refractivity (Wildman–Crippen MR) is 83.7 cm³/mol. The number of amides is 1. The first-order chi connectivity index (χ1) is 9.80. The Balaban J connectivity index is 2.41. The third-order valence-corrected chi connectivity index (χ3v) is 4.60. The molecule has 0 aromatic heterocycles. The number of carbonyl (C=O) groups excluding carboxylic acids is 1. The standard InChI is InChI=1S/C15H14ClNO3S/c1-17(12-6-4-3-5-7-12)15(18)11-8-9-13(16)14(10-11)21(2,19)20/h3-10H,1-2H3. The third kappa shape index (κ3) is 3.43. The van der Waals surface area contributed by atoms with E-state index >= 15 is 0 Å². The summed E-state index contributed by atoms with van der Waals surface area (Å²) in [6, 6.07) is 13.3. The van der Waals surface area contributed by atoms with Crippen molar-refractivity contribution in [3.05, 3.63) is 59.1 Å². The predicted octanol–water partition coefficient (Wildman–Crippen LogP) is 3.02. The van der Waals surface area contributed by atoms with E-state index in [0.29, 0.717) is 0 Å². The Bertz CT molecular complexity index is 773. The molecule has 0 saturated heterocycles. The molecule has 0 N–H and O–H groups in total. The van der Waals surface area contributed by atoms with Gasteiger partial charge >= 0.3 is 0 Å². The minimum absolute atomic E-state index is 0.0449. The number of rotatable bonds is 3. The van der Waals surface area contributed by atoms with Crippen LogP contribution in [0.2, 0.25) is 5.02 Å². The number of para-hydroxylation sites is 1.